The number of hydrogen-bond acceptors (Lipinski definition) is 3. The van der Waals surface area contributed by atoms with E-state index in [4.69, 9.17) is 0 Å². The molecule has 0 spiro atoms. The average molecular weight is 222 g/mol. The summed E-state index contributed by atoms with van der Waals surface area (Å²) in [7, 11) is 1.98. The van der Waals surface area contributed by atoms with E-state index < -0.39 is 0 Å². The molecule has 0 saturated heterocycles. The maximum Gasteiger partial charge on any atom is 0.156 e. The number of aryl methyl sites for hydroxylation is 1. The molecule has 16 heavy (non-hydrogen) atoms. The summed E-state index contributed by atoms with van der Waals surface area (Å²) < 4.78 is 1.91. The van der Waals surface area contributed by atoms with Crippen molar-refractivity contribution in [2.75, 3.05) is 6.54 Å². The van der Waals surface area contributed by atoms with E-state index in [2.05, 4.69) is 36.2 Å². The summed E-state index contributed by atoms with van der Waals surface area (Å²) in [5.74, 6) is 2.02. The van der Waals surface area contributed by atoms with Crippen molar-refractivity contribution in [3.63, 3.8) is 0 Å². The summed E-state index contributed by atoms with van der Waals surface area (Å²) in [6, 6.07) is 0.773. The Balaban J connectivity index is 1.94. The van der Waals surface area contributed by atoms with Gasteiger partial charge < -0.3 is 5.32 Å². The van der Waals surface area contributed by atoms with Gasteiger partial charge in [0.05, 0.1) is 0 Å². The van der Waals surface area contributed by atoms with Crippen LogP contribution in [0.4, 0.5) is 0 Å². The number of nitrogens with one attached hydrogen (secondary N) is 1. The second-order valence-corrected chi connectivity index (χ2v) is 5.70. The largest absolute Gasteiger partial charge is 0.314 e. The molecule has 1 saturated carbocycles. The number of hydrogen-bond donors (Lipinski definition) is 1. The van der Waals surface area contributed by atoms with Gasteiger partial charge in [0.1, 0.15) is 5.82 Å². The molecule has 90 valence electrons. The first-order chi connectivity index (χ1) is 7.47. The maximum absolute atomic E-state index is 4.61. The van der Waals surface area contributed by atoms with Crippen LogP contribution in [0.3, 0.4) is 0 Å². The maximum atomic E-state index is 4.61. The zero-order chi connectivity index (χ0) is 11.8. The van der Waals surface area contributed by atoms with E-state index in [1.54, 1.807) is 0 Å². The summed E-state index contributed by atoms with van der Waals surface area (Å²) in [5.41, 5.74) is 0.0416. The van der Waals surface area contributed by atoms with Crippen LogP contribution in [-0.2, 0) is 18.9 Å². The Morgan fingerprint density at radius 2 is 2.06 bits per heavy atom. The summed E-state index contributed by atoms with van der Waals surface area (Å²) in [6.07, 6.45) is 3.65. The monoisotopic (exact) mass is 222 g/mol. The summed E-state index contributed by atoms with van der Waals surface area (Å²) in [4.78, 5) is 4.61. The molecule has 0 unspecified atom stereocenters. The van der Waals surface area contributed by atoms with Crippen molar-refractivity contribution in [2.24, 2.45) is 7.05 Å². The van der Waals surface area contributed by atoms with Crippen molar-refractivity contribution in [1.29, 1.82) is 0 Å². The SMILES string of the molecule is Cn1nc(C(C)(C)C)nc1CCNC1CC1. The van der Waals surface area contributed by atoms with Crippen LogP contribution in [0.25, 0.3) is 0 Å². The molecule has 2 rings (SSSR count). The normalized spacial score (nSPS) is 16.8. The van der Waals surface area contributed by atoms with E-state index in [-0.39, 0.29) is 5.41 Å². The lowest BCUT2D eigenvalue weighted by Gasteiger charge is -2.12. The Hall–Kier alpha value is -0.900. The van der Waals surface area contributed by atoms with Crippen molar-refractivity contribution in [2.45, 2.75) is 51.5 Å². The molecule has 1 N–H and O–H groups in total. The minimum atomic E-state index is 0.0416. The van der Waals surface area contributed by atoms with Crippen LogP contribution < -0.4 is 5.32 Å². The molecule has 4 heteroatoms. The Morgan fingerprint density at radius 3 is 2.56 bits per heavy atom. The highest BCUT2D eigenvalue weighted by Gasteiger charge is 2.22. The van der Waals surface area contributed by atoms with Crippen LogP contribution >= 0.6 is 0 Å². The predicted octanol–water partition coefficient (Wildman–Crippen LogP) is 1.41. The topological polar surface area (TPSA) is 42.7 Å². The van der Waals surface area contributed by atoms with Crippen molar-refractivity contribution >= 4 is 0 Å². The highest BCUT2D eigenvalue weighted by molar-refractivity contribution is 5.03. The molecule has 0 radical (unpaired) electrons. The molecule has 1 aromatic rings. The van der Waals surface area contributed by atoms with Gasteiger partial charge in [0.25, 0.3) is 0 Å². The van der Waals surface area contributed by atoms with Crippen molar-refractivity contribution in [3.8, 4) is 0 Å². The molecule has 0 aromatic carbocycles. The molecule has 4 nitrogen and oxygen atoms in total. The van der Waals surface area contributed by atoms with Gasteiger partial charge in [0.2, 0.25) is 0 Å². The Bertz CT molecular complexity index is 358. The lowest BCUT2D eigenvalue weighted by atomic mass is 9.96. The molecular formula is C12H22N4. The van der Waals surface area contributed by atoms with Crippen molar-refractivity contribution in [3.05, 3.63) is 11.6 Å². The predicted molar refractivity (Wildman–Crippen MR) is 64.4 cm³/mol. The van der Waals surface area contributed by atoms with Gasteiger partial charge in [-0.05, 0) is 12.8 Å². The van der Waals surface area contributed by atoms with Gasteiger partial charge in [-0.25, -0.2) is 4.98 Å². The molecule has 1 aromatic heterocycles. The van der Waals surface area contributed by atoms with Crippen molar-refractivity contribution in [1.82, 2.24) is 20.1 Å². The quantitative estimate of drug-likeness (QED) is 0.837. The standard InChI is InChI=1S/C12H22N4/c1-12(2,3)11-14-10(16(4)15-11)7-8-13-9-5-6-9/h9,13H,5-8H2,1-4H3. The Morgan fingerprint density at radius 1 is 1.38 bits per heavy atom. The molecule has 0 aliphatic heterocycles. The molecule has 0 amide bonds. The first-order valence-electron chi connectivity index (χ1n) is 6.10. The van der Waals surface area contributed by atoms with Crippen LogP contribution in [0, 0.1) is 0 Å². The van der Waals surface area contributed by atoms with Gasteiger partial charge >= 0.3 is 0 Å². The zero-order valence-corrected chi connectivity index (χ0v) is 10.7. The van der Waals surface area contributed by atoms with Gasteiger partial charge in [-0.1, -0.05) is 20.8 Å². The molecular weight excluding hydrogens is 200 g/mol. The van der Waals surface area contributed by atoms with Gasteiger partial charge in [-0.15, -0.1) is 0 Å². The van der Waals surface area contributed by atoms with E-state index in [0.29, 0.717) is 0 Å². The van der Waals surface area contributed by atoms with E-state index in [1.165, 1.54) is 12.8 Å². The first-order valence-corrected chi connectivity index (χ1v) is 6.10. The summed E-state index contributed by atoms with van der Waals surface area (Å²) >= 11 is 0. The second kappa shape index (κ2) is 4.17. The molecule has 0 bridgehead atoms. The Labute approximate surface area is 97.5 Å². The minimum absolute atomic E-state index is 0.0416. The van der Waals surface area contributed by atoms with Crippen LogP contribution in [-0.4, -0.2) is 27.4 Å². The first kappa shape index (κ1) is 11.6. The van der Waals surface area contributed by atoms with Gasteiger partial charge in [-0.3, -0.25) is 4.68 Å². The molecule has 1 aliphatic carbocycles. The fraction of sp³-hybridized carbons (Fsp3) is 0.833. The van der Waals surface area contributed by atoms with Crippen molar-refractivity contribution < 1.29 is 0 Å². The van der Waals surface area contributed by atoms with Crippen LogP contribution in [0.1, 0.15) is 45.3 Å². The minimum Gasteiger partial charge on any atom is -0.314 e. The molecule has 0 atom stereocenters. The Kier molecular flexibility index (Phi) is 3.02. The van der Waals surface area contributed by atoms with E-state index >= 15 is 0 Å². The second-order valence-electron chi connectivity index (χ2n) is 5.70. The fourth-order valence-corrected chi connectivity index (χ4v) is 1.63. The van der Waals surface area contributed by atoms with Crippen LogP contribution in [0.2, 0.25) is 0 Å². The number of rotatable bonds is 4. The third kappa shape index (κ3) is 2.82. The highest BCUT2D eigenvalue weighted by atomic mass is 15.3. The smallest absolute Gasteiger partial charge is 0.156 e. The lowest BCUT2D eigenvalue weighted by molar-refractivity contribution is 0.538. The molecule has 1 fully saturated rings. The number of aromatic nitrogens is 3. The lowest BCUT2D eigenvalue weighted by Crippen LogP contribution is -2.20. The van der Waals surface area contributed by atoms with Gasteiger partial charge in [-0.2, -0.15) is 5.10 Å². The summed E-state index contributed by atoms with van der Waals surface area (Å²) in [6.45, 7) is 7.46. The van der Waals surface area contributed by atoms with E-state index in [0.717, 1.165) is 30.7 Å². The average Bonchev–Trinajstić information content (AvgIpc) is 2.90. The third-order valence-corrected chi connectivity index (χ3v) is 2.88. The fourth-order valence-electron chi connectivity index (χ4n) is 1.63. The molecule has 1 aliphatic rings. The number of nitrogens with zero attached hydrogens (tertiary/aromatic N) is 3. The van der Waals surface area contributed by atoms with Gasteiger partial charge in [0, 0.05) is 31.5 Å². The third-order valence-electron chi connectivity index (χ3n) is 2.88. The van der Waals surface area contributed by atoms with E-state index in [9.17, 15) is 0 Å². The van der Waals surface area contributed by atoms with Gasteiger partial charge in [0.15, 0.2) is 5.82 Å². The zero-order valence-electron chi connectivity index (χ0n) is 10.7. The molecule has 1 heterocycles. The van der Waals surface area contributed by atoms with Crippen LogP contribution in [0.15, 0.2) is 0 Å². The van der Waals surface area contributed by atoms with Crippen LogP contribution in [0.5, 0.6) is 0 Å². The summed E-state index contributed by atoms with van der Waals surface area (Å²) in [5, 5.41) is 7.97. The van der Waals surface area contributed by atoms with E-state index in [1.807, 2.05) is 11.7 Å². The highest BCUT2D eigenvalue weighted by Crippen LogP contribution is 2.19.